The Bertz CT molecular complexity index is 214. The van der Waals surface area contributed by atoms with E-state index in [-0.39, 0.29) is 0 Å². The molecule has 4 N–H and O–H groups in total. The van der Waals surface area contributed by atoms with Gasteiger partial charge in [0.05, 0.1) is 0 Å². The van der Waals surface area contributed by atoms with Crippen molar-refractivity contribution < 1.29 is 9.90 Å². The fourth-order valence-corrected chi connectivity index (χ4v) is 1.53. The number of carbonyl (C=O) groups excluding carboxylic acids is 1. The standard InChI is InChI=1S/C10H18N2O2/c1-2-6-12-10(14)9(13)8(11)7-4-3-5-7/h2,7-9,13H,1,3-6,11H2,(H,12,14). The molecule has 2 atom stereocenters. The van der Waals surface area contributed by atoms with Crippen molar-refractivity contribution in [3.63, 3.8) is 0 Å². The lowest BCUT2D eigenvalue weighted by Crippen LogP contribution is -2.51. The van der Waals surface area contributed by atoms with E-state index in [9.17, 15) is 9.90 Å². The Balaban J connectivity index is 2.33. The molecule has 0 aromatic heterocycles. The summed E-state index contributed by atoms with van der Waals surface area (Å²) >= 11 is 0. The zero-order valence-corrected chi connectivity index (χ0v) is 8.28. The van der Waals surface area contributed by atoms with Gasteiger partial charge in [-0.25, -0.2) is 0 Å². The number of hydrogen-bond acceptors (Lipinski definition) is 3. The first-order valence-electron chi connectivity index (χ1n) is 4.99. The number of aliphatic hydroxyl groups is 1. The molecule has 0 radical (unpaired) electrons. The van der Waals surface area contributed by atoms with Gasteiger partial charge < -0.3 is 16.2 Å². The molecule has 1 amide bonds. The summed E-state index contributed by atoms with van der Waals surface area (Å²) in [5.74, 6) is -0.0937. The largest absolute Gasteiger partial charge is 0.382 e. The first-order chi connectivity index (χ1) is 6.66. The van der Waals surface area contributed by atoms with Gasteiger partial charge in [-0.05, 0) is 18.8 Å². The summed E-state index contributed by atoms with van der Waals surface area (Å²) in [5, 5.41) is 12.1. The van der Waals surface area contributed by atoms with Gasteiger partial charge in [-0.3, -0.25) is 4.79 Å². The molecule has 1 rings (SSSR count). The van der Waals surface area contributed by atoms with Crippen molar-refractivity contribution >= 4 is 5.91 Å². The first-order valence-corrected chi connectivity index (χ1v) is 4.99. The lowest BCUT2D eigenvalue weighted by Gasteiger charge is -2.33. The highest BCUT2D eigenvalue weighted by atomic mass is 16.3. The smallest absolute Gasteiger partial charge is 0.250 e. The van der Waals surface area contributed by atoms with E-state index in [0.29, 0.717) is 12.5 Å². The van der Waals surface area contributed by atoms with Gasteiger partial charge in [-0.15, -0.1) is 6.58 Å². The average Bonchev–Trinajstić information content (AvgIpc) is 2.10. The Morgan fingerprint density at radius 2 is 2.36 bits per heavy atom. The van der Waals surface area contributed by atoms with Gasteiger partial charge in [0.2, 0.25) is 0 Å². The summed E-state index contributed by atoms with van der Waals surface area (Å²) in [7, 11) is 0. The maximum absolute atomic E-state index is 11.3. The second kappa shape index (κ2) is 5.12. The highest BCUT2D eigenvalue weighted by Gasteiger charge is 2.32. The van der Waals surface area contributed by atoms with E-state index in [4.69, 9.17) is 5.73 Å². The van der Waals surface area contributed by atoms with Crippen LogP contribution in [-0.4, -0.2) is 29.7 Å². The van der Waals surface area contributed by atoms with E-state index < -0.39 is 18.1 Å². The Hall–Kier alpha value is -0.870. The zero-order valence-electron chi connectivity index (χ0n) is 8.28. The Kier molecular flexibility index (Phi) is 4.10. The molecule has 0 aliphatic heterocycles. The SMILES string of the molecule is C=CCNC(=O)C(O)C(N)C1CCC1. The summed E-state index contributed by atoms with van der Waals surface area (Å²) < 4.78 is 0. The summed E-state index contributed by atoms with van der Waals surface area (Å²) in [6.07, 6.45) is 3.68. The molecule has 0 aromatic rings. The average molecular weight is 198 g/mol. The van der Waals surface area contributed by atoms with Crippen molar-refractivity contribution in [3.05, 3.63) is 12.7 Å². The number of hydrogen-bond donors (Lipinski definition) is 3. The van der Waals surface area contributed by atoms with Crippen LogP contribution in [0.15, 0.2) is 12.7 Å². The summed E-state index contributed by atoms with van der Waals surface area (Å²) in [6, 6.07) is -0.423. The van der Waals surface area contributed by atoms with Crippen molar-refractivity contribution in [2.75, 3.05) is 6.54 Å². The molecule has 0 spiro atoms. The Morgan fingerprint density at radius 1 is 1.71 bits per heavy atom. The number of carbonyl (C=O) groups is 1. The summed E-state index contributed by atoms with van der Waals surface area (Å²) in [6.45, 7) is 3.84. The lowest BCUT2D eigenvalue weighted by atomic mass is 9.78. The molecule has 2 unspecified atom stereocenters. The van der Waals surface area contributed by atoms with Gasteiger partial charge in [0.25, 0.3) is 5.91 Å². The van der Waals surface area contributed by atoms with Gasteiger partial charge in [-0.2, -0.15) is 0 Å². The maximum Gasteiger partial charge on any atom is 0.250 e. The van der Waals surface area contributed by atoms with E-state index in [0.717, 1.165) is 19.3 Å². The fourth-order valence-electron chi connectivity index (χ4n) is 1.53. The van der Waals surface area contributed by atoms with Crippen molar-refractivity contribution in [3.8, 4) is 0 Å². The van der Waals surface area contributed by atoms with Gasteiger partial charge in [0.1, 0.15) is 6.10 Å². The van der Waals surface area contributed by atoms with Crippen LogP contribution >= 0.6 is 0 Å². The van der Waals surface area contributed by atoms with Crippen LogP contribution in [0.2, 0.25) is 0 Å². The van der Waals surface area contributed by atoms with Crippen LogP contribution in [0, 0.1) is 5.92 Å². The molecular formula is C10H18N2O2. The van der Waals surface area contributed by atoms with Crippen LogP contribution in [0.5, 0.6) is 0 Å². The lowest BCUT2D eigenvalue weighted by molar-refractivity contribution is -0.131. The molecule has 0 saturated heterocycles. The minimum Gasteiger partial charge on any atom is -0.382 e. The molecule has 80 valence electrons. The van der Waals surface area contributed by atoms with Crippen molar-refractivity contribution in [1.82, 2.24) is 5.32 Å². The molecule has 0 aromatic carbocycles. The summed E-state index contributed by atoms with van der Waals surface area (Å²) in [4.78, 5) is 11.3. The zero-order chi connectivity index (χ0) is 10.6. The second-order valence-corrected chi connectivity index (χ2v) is 3.75. The first kappa shape index (κ1) is 11.2. The van der Waals surface area contributed by atoms with Crippen LogP contribution in [-0.2, 0) is 4.79 Å². The highest BCUT2D eigenvalue weighted by Crippen LogP contribution is 2.29. The van der Waals surface area contributed by atoms with E-state index in [2.05, 4.69) is 11.9 Å². The normalized spacial score (nSPS) is 20.7. The third-order valence-corrected chi connectivity index (χ3v) is 2.75. The van der Waals surface area contributed by atoms with Crippen molar-refractivity contribution in [2.45, 2.75) is 31.4 Å². The van der Waals surface area contributed by atoms with Gasteiger partial charge >= 0.3 is 0 Å². The highest BCUT2D eigenvalue weighted by molar-refractivity contribution is 5.81. The topological polar surface area (TPSA) is 75.3 Å². The molecule has 4 heteroatoms. The summed E-state index contributed by atoms with van der Waals surface area (Å²) in [5.41, 5.74) is 5.76. The molecule has 1 saturated carbocycles. The number of rotatable bonds is 5. The van der Waals surface area contributed by atoms with E-state index in [1.165, 1.54) is 0 Å². The molecular weight excluding hydrogens is 180 g/mol. The minimum atomic E-state index is -1.08. The van der Waals surface area contributed by atoms with Gasteiger partial charge in [0.15, 0.2) is 0 Å². The third-order valence-electron chi connectivity index (χ3n) is 2.75. The number of nitrogens with two attached hydrogens (primary N) is 1. The van der Waals surface area contributed by atoms with Gasteiger partial charge in [-0.1, -0.05) is 12.5 Å². The predicted molar refractivity (Wildman–Crippen MR) is 54.5 cm³/mol. The molecule has 4 nitrogen and oxygen atoms in total. The van der Waals surface area contributed by atoms with Crippen molar-refractivity contribution in [1.29, 1.82) is 0 Å². The molecule has 0 bridgehead atoms. The number of aliphatic hydroxyl groups excluding tert-OH is 1. The van der Waals surface area contributed by atoms with Crippen molar-refractivity contribution in [2.24, 2.45) is 11.7 Å². The Labute approximate surface area is 84.2 Å². The minimum absolute atomic E-state index is 0.305. The predicted octanol–water partition coefficient (Wildman–Crippen LogP) is -0.223. The fraction of sp³-hybridized carbons (Fsp3) is 0.700. The van der Waals surface area contributed by atoms with Crippen LogP contribution in [0.4, 0.5) is 0 Å². The second-order valence-electron chi connectivity index (χ2n) is 3.75. The van der Waals surface area contributed by atoms with Crippen LogP contribution in [0.25, 0.3) is 0 Å². The van der Waals surface area contributed by atoms with E-state index in [1.807, 2.05) is 0 Å². The molecule has 1 aliphatic carbocycles. The third kappa shape index (κ3) is 2.56. The molecule has 1 fully saturated rings. The van der Waals surface area contributed by atoms with Crippen LogP contribution in [0.3, 0.4) is 0 Å². The quantitative estimate of drug-likeness (QED) is 0.534. The molecule has 1 aliphatic rings. The van der Waals surface area contributed by atoms with Crippen LogP contribution in [0.1, 0.15) is 19.3 Å². The molecule has 0 heterocycles. The molecule has 14 heavy (non-hydrogen) atoms. The van der Waals surface area contributed by atoms with E-state index in [1.54, 1.807) is 6.08 Å². The maximum atomic E-state index is 11.3. The Morgan fingerprint density at radius 3 is 2.79 bits per heavy atom. The van der Waals surface area contributed by atoms with Gasteiger partial charge in [0, 0.05) is 12.6 Å². The monoisotopic (exact) mass is 198 g/mol. The number of nitrogens with one attached hydrogen (secondary N) is 1. The number of amides is 1. The van der Waals surface area contributed by atoms with Crippen LogP contribution < -0.4 is 11.1 Å². The van der Waals surface area contributed by atoms with E-state index >= 15 is 0 Å².